The van der Waals surface area contributed by atoms with E-state index in [2.05, 4.69) is 4.99 Å². The average molecular weight is 423 g/mol. The van der Waals surface area contributed by atoms with Crippen molar-refractivity contribution in [3.63, 3.8) is 0 Å². The Morgan fingerprint density at radius 2 is 1.60 bits per heavy atom. The summed E-state index contributed by atoms with van der Waals surface area (Å²) < 4.78 is 26.9. The van der Waals surface area contributed by atoms with Crippen molar-refractivity contribution < 1.29 is 13.6 Å². The second-order valence-electron chi connectivity index (χ2n) is 7.67. The number of anilines is 1. The lowest BCUT2D eigenvalue weighted by Crippen LogP contribution is -2.31. The minimum absolute atomic E-state index is 0.0318. The van der Waals surface area contributed by atoms with Crippen LogP contribution >= 0.6 is 11.3 Å². The van der Waals surface area contributed by atoms with Crippen molar-refractivity contribution in [1.82, 2.24) is 0 Å². The molecule has 6 heteroatoms. The van der Waals surface area contributed by atoms with E-state index < -0.39 is 0 Å². The second-order valence-corrected chi connectivity index (χ2v) is 8.75. The number of aryl methyl sites for hydroxylation is 1. The Balaban J connectivity index is 1.64. The van der Waals surface area contributed by atoms with Crippen LogP contribution < -0.4 is 4.90 Å². The van der Waals surface area contributed by atoms with E-state index in [1.54, 1.807) is 40.5 Å². The largest absolute Gasteiger partial charge is 0.297 e. The van der Waals surface area contributed by atoms with E-state index in [0.717, 1.165) is 53.1 Å². The Labute approximate surface area is 177 Å². The molecule has 0 radical (unpaired) electrons. The lowest BCUT2D eigenvalue weighted by Gasteiger charge is -2.21. The standard InChI is InChI=1S/C24H20F2N2OS/c25-17-9-5-15(6-10-17)14-28-21(29)13-27-23(16-7-11-18(26)12-8-16)22-19-3-1-2-4-20(19)30-24(22)28/h5-12H,1-4,13-14H2. The van der Waals surface area contributed by atoms with Gasteiger partial charge in [-0.15, -0.1) is 11.3 Å². The van der Waals surface area contributed by atoms with Gasteiger partial charge in [-0.2, -0.15) is 0 Å². The molecular weight excluding hydrogens is 402 g/mol. The molecule has 0 spiro atoms. The average Bonchev–Trinajstić information content (AvgIpc) is 3.07. The predicted octanol–water partition coefficient (Wildman–Crippen LogP) is 5.29. The minimum Gasteiger partial charge on any atom is -0.297 e. The summed E-state index contributed by atoms with van der Waals surface area (Å²) in [5.74, 6) is -0.680. The minimum atomic E-state index is -0.297. The van der Waals surface area contributed by atoms with Gasteiger partial charge in [0.25, 0.3) is 0 Å². The van der Waals surface area contributed by atoms with E-state index in [1.807, 2.05) is 0 Å². The van der Waals surface area contributed by atoms with E-state index in [0.29, 0.717) is 6.54 Å². The number of nitrogens with zero attached hydrogens (tertiary/aromatic N) is 2. The molecule has 152 valence electrons. The number of fused-ring (bicyclic) bond motifs is 3. The van der Waals surface area contributed by atoms with Gasteiger partial charge in [-0.3, -0.25) is 14.7 Å². The number of benzene rings is 2. The van der Waals surface area contributed by atoms with E-state index in [4.69, 9.17) is 0 Å². The summed E-state index contributed by atoms with van der Waals surface area (Å²) in [6, 6.07) is 12.6. The van der Waals surface area contributed by atoms with Crippen LogP contribution in [0.3, 0.4) is 0 Å². The fourth-order valence-corrected chi connectivity index (χ4v) is 5.59. The fraction of sp³-hybridized carbons (Fsp3) is 0.250. The van der Waals surface area contributed by atoms with Gasteiger partial charge in [0.05, 0.1) is 12.3 Å². The SMILES string of the molecule is O=C1CN=C(c2ccc(F)cc2)c2c(sc3c2CCCC3)N1Cc1ccc(F)cc1. The molecule has 30 heavy (non-hydrogen) atoms. The number of aliphatic imine (C=N–C) groups is 1. The molecule has 2 heterocycles. The number of rotatable bonds is 3. The number of carbonyl (C=O) groups is 1. The molecular formula is C24H20F2N2OS. The summed E-state index contributed by atoms with van der Waals surface area (Å²) in [6.45, 7) is 0.405. The van der Waals surface area contributed by atoms with Gasteiger partial charge >= 0.3 is 0 Å². The molecule has 1 aliphatic heterocycles. The van der Waals surface area contributed by atoms with Crippen LogP contribution in [0.4, 0.5) is 13.8 Å². The summed E-state index contributed by atoms with van der Waals surface area (Å²) in [7, 11) is 0. The van der Waals surface area contributed by atoms with Crippen molar-refractivity contribution in [3.05, 3.63) is 87.3 Å². The molecule has 0 saturated carbocycles. The number of amides is 1. The first-order valence-electron chi connectivity index (χ1n) is 10.1. The number of carbonyl (C=O) groups excluding carboxylic acids is 1. The maximum atomic E-state index is 13.5. The van der Waals surface area contributed by atoms with Crippen LogP contribution in [0.1, 0.15) is 40.0 Å². The van der Waals surface area contributed by atoms with E-state index in [9.17, 15) is 13.6 Å². The van der Waals surface area contributed by atoms with Crippen LogP contribution in [0.2, 0.25) is 0 Å². The highest BCUT2D eigenvalue weighted by atomic mass is 32.1. The second kappa shape index (κ2) is 7.76. The molecule has 3 nitrogen and oxygen atoms in total. The summed E-state index contributed by atoms with van der Waals surface area (Å²) in [6.07, 6.45) is 4.21. The third-order valence-corrected chi connectivity index (χ3v) is 6.99. The molecule has 1 aliphatic carbocycles. The zero-order valence-corrected chi connectivity index (χ0v) is 17.1. The first kappa shape index (κ1) is 19.1. The third-order valence-electron chi connectivity index (χ3n) is 5.68. The first-order valence-corrected chi connectivity index (χ1v) is 10.9. The highest BCUT2D eigenvalue weighted by Gasteiger charge is 2.32. The first-order chi connectivity index (χ1) is 14.6. The Hall–Kier alpha value is -2.86. The van der Waals surface area contributed by atoms with Gasteiger partial charge in [0.15, 0.2) is 0 Å². The van der Waals surface area contributed by atoms with E-state index in [1.165, 1.54) is 34.7 Å². The van der Waals surface area contributed by atoms with Crippen molar-refractivity contribution >= 4 is 28.0 Å². The number of hydrogen-bond donors (Lipinski definition) is 0. The molecule has 1 aromatic heterocycles. The molecule has 3 aromatic rings. The molecule has 1 amide bonds. The van der Waals surface area contributed by atoms with Gasteiger partial charge in [-0.1, -0.05) is 12.1 Å². The van der Waals surface area contributed by atoms with Crippen LogP contribution in [-0.2, 0) is 24.2 Å². The van der Waals surface area contributed by atoms with Gasteiger partial charge in [0.2, 0.25) is 5.91 Å². The van der Waals surface area contributed by atoms with Gasteiger partial charge in [-0.05, 0) is 73.2 Å². The van der Waals surface area contributed by atoms with Crippen LogP contribution in [0.15, 0.2) is 53.5 Å². The molecule has 0 saturated heterocycles. The monoisotopic (exact) mass is 422 g/mol. The molecule has 0 N–H and O–H groups in total. The smallest absolute Gasteiger partial charge is 0.249 e. The molecule has 0 atom stereocenters. The fourth-order valence-electron chi connectivity index (χ4n) is 4.19. The lowest BCUT2D eigenvalue weighted by atomic mass is 9.91. The van der Waals surface area contributed by atoms with E-state index >= 15 is 0 Å². The summed E-state index contributed by atoms with van der Waals surface area (Å²) in [5, 5.41) is 0.900. The van der Waals surface area contributed by atoms with Crippen LogP contribution in [0.5, 0.6) is 0 Å². The van der Waals surface area contributed by atoms with Gasteiger partial charge in [0, 0.05) is 16.0 Å². The number of halogens is 2. The zero-order valence-electron chi connectivity index (χ0n) is 16.3. The molecule has 0 bridgehead atoms. The number of thiophene rings is 1. The highest BCUT2D eigenvalue weighted by Crippen LogP contribution is 2.43. The van der Waals surface area contributed by atoms with Crippen molar-refractivity contribution in [2.24, 2.45) is 4.99 Å². The van der Waals surface area contributed by atoms with Gasteiger partial charge in [0.1, 0.15) is 23.2 Å². The quantitative estimate of drug-likeness (QED) is 0.565. The van der Waals surface area contributed by atoms with Crippen molar-refractivity contribution in [2.75, 3.05) is 11.4 Å². The maximum absolute atomic E-state index is 13.5. The van der Waals surface area contributed by atoms with Gasteiger partial charge < -0.3 is 0 Å². The zero-order chi connectivity index (χ0) is 20.7. The van der Waals surface area contributed by atoms with Gasteiger partial charge in [-0.25, -0.2) is 8.78 Å². The summed E-state index contributed by atoms with van der Waals surface area (Å²) in [5.41, 5.74) is 4.73. The Morgan fingerprint density at radius 1 is 0.933 bits per heavy atom. The Morgan fingerprint density at radius 3 is 2.33 bits per heavy atom. The summed E-state index contributed by atoms with van der Waals surface area (Å²) in [4.78, 5) is 20.9. The normalized spacial score (nSPS) is 16.0. The molecule has 2 aromatic carbocycles. The lowest BCUT2D eigenvalue weighted by molar-refractivity contribution is -0.117. The van der Waals surface area contributed by atoms with Crippen molar-refractivity contribution in [1.29, 1.82) is 0 Å². The third kappa shape index (κ3) is 3.45. The molecule has 0 unspecified atom stereocenters. The van der Waals surface area contributed by atoms with Crippen molar-refractivity contribution in [3.8, 4) is 0 Å². The number of hydrogen-bond acceptors (Lipinski definition) is 3. The topological polar surface area (TPSA) is 32.7 Å². The van der Waals surface area contributed by atoms with Crippen LogP contribution in [0.25, 0.3) is 0 Å². The molecule has 0 fully saturated rings. The molecule has 5 rings (SSSR count). The predicted molar refractivity (Wildman–Crippen MR) is 115 cm³/mol. The Bertz CT molecular complexity index is 1130. The highest BCUT2D eigenvalue weighted by molar-refractivity contribution is 7.17. The van der Waals surface area contributed by atoms with Crippen LogP contribution in [-0.4, -0.2) is 18.2 Å². The van der Waals surface area contributed by atoms with E-state index in [-0.39, 0.29) is 24.1 Å². The van der Waals surface area contributed by atoms with Crippen molar-refractivity contribution in [2.45, 2.75) is 32.2 Å². The molecule has 2 aliphatic rings. The Kier molecular flexibility index (Phi) is 4.95. The van der Waals surface area contributed by atoms with Crippen LogP contribution in [0, 0.1) is 11.6 Å². The summed E-state index contributed by atoms with van der Waals surface area (Å²) >= 11 is 1.66. The maximum Gasteiger partial charge on any atom is 0.249 e.